The molecule has 9 heteroatoms. The number of halogens is 3. The molecule has 1 aromatic rings. The molecule has 5 nitrogen and oxygen atoms in total. The predicted molar refractivity (Wildman–Crippen MR) is 92.7 cm³/mol. The van der Waals surface area contributed by atoms with Crippen LogP contribution in [0.25, 0.3) is 0 Å². The van der Waals surface area contributed by atoms with Crippen molar-refractivity contribution in [2.45, 2.75) is 49.0 Å². The molecule has 0 aromatic heterocycles. The molecule has 0 spiro atoms. The standard InChI is InChI=1S/C16H20F3NO3S.CH4O/c1-15(2,3)22-14(21)20-9-8-11(10-20)24-13-7-5-4-6-12(13)16(17,18)23-19;1-2/h4-7,11H,8-10H2,1-3H3;2H,1H3. The Balaban J connectivity index is 0.00000163. The highest BCUT2D eigenvalue weighted by atomic mass is 32.2. The summed E-state index contributed by atoms with van der Waals surface area (Å²) in [4.78, 5) is 16.6. The number of benzene rings is 1. The van der Waals surface area contributed by atoms with Crippen LogP contribution in [0.2, 0.25) is 0 Å². The van der Waals surface area contributed by atoms with Crippen molar-refractivity contribution in [2.75, 3.05) is 20.2 Å². The van der Waals surface area contributed by atoms with Gasteiger partial charge >= 0.3 is 12.2 Å². The minimum Gasteiger partial charge on any atom is -0.444 e. The van der Waals surface area contributed by atoms with Crippen molar-refractivity contribution in [3.8, 4) is 0 Å². The van der Waals surface area contributed by atoms with Crippen molar-refractivity contribution in [3.05, 3.63) is 29.8 Å². The zero-order valence-corrected chi connectivity index (χ0v) is 16.0. The first-order chi connectivity index (χ1) is 12.1. The average Bonchev–Trinajstić information content (AvgIpc) is 3.04. The molecule has 0 radical (unpaired) electrons. The van der Waals surface area contributed by atoms with Crippen LogP contribution in [-0.4, -0.2) is 47.1 Å². The van der Waals surface area contributed by atoms with Crippen molar-refractivity contribution in [2.24, 2.45) is 0 Å². The van der Waals surface area contributed by atoms with Gasteiger partial charge in [0, 0.05) is 30.3 Å². The molecule has 1 unspecified atom stereocenters. The first-order valence-corrected chi connectivity index (χ1v) is 8.87. The summed E-state index contributed by atoms with van der Waals surface area (Å²) in [7, 11) is 1.00. The number of ether oxygens (including phenoxy) is 1. The Hall–Kier alpha value is -1.45. The number of alkyl halides is 2. The number of hydrogen-bond acceptors (Lipinski definition) is 5. The molecule has 2 rings (SSSR count). The number of nitrogens with zero attached hydrogens (tertiary/aromatic N) is 1. The van der Waals surface area contributed by atoms with Gasteiger partial charge in [-0.1, -0.05) is 12.1 Å². The molecule has 0 aliphatic carbocycles. The van der Waals surface area contributed by atoms with Gasteiger partial charge in [0.15, 0.2) is 0 Å². The van der Waals surface area contributed by atoms with E-state index < -0.39 is 23.4 Å². The third-order valence-corrected chi connectivity index (χ3v) is 4.72. The summed E-state index contributed by atoms with van der Waals surface area (Å²) in [5, 5.41) is 6.93. The van der Waals surface area contributed by atoms with E-state index in [4.69, 9.17) is 9.84 Å². The number of thioether (sulfide) groups is 1. The smallest absolute Gasteiger partial charge is 0.414 e. The number of likely N-dealkylation sites (tertiary alicyclic amines) is 1. The lowest BCUT2D eigenvalue weighted by molar-refractivity contribution is -0.365. The zero-order chi connectivity index (χ0) is 20.0. The Morgan fingerprint density at radius 2 is 1.88 bits per heavy atom. The normalized spacial score (nSPS) is 17.5. The maximum atomic E-state index is 13.5. The van der Waals surface area contributed by atoms with Gasteiger partial charge in [0.1, 0.15) is 5.60 Å². The number of hydrogen-bond donors (Lipinski definition) is 1. The van der Waals surface area contributed by atoms with Crippen LogP contribution in [-0.2, 0) is 15.8 Å². The molecule has 1 amide bonds. The summed E-state index contributed by atoms with van der Waals surface area (Å²) in [5.41, 5.74) is -1.11. The highest BCUT2D eigenvalue weighted by molar-refractivity contribution is 8.00. The van der Waals surface area contributed by atoms with Crippen LogP contribution in [0.5, 0.6) is 0 Å². The molecule has 1 atom stereocenters. The van der Waals surface area contributed by atoms with E-state index in [0.717, 1.165) is 13.2 Å². The van der Waals surface area contributed by atoms with Gasteiger partial charge in [-0.05, 0) is 43.9 Å². The Labute approximate surface area is 155 Å². The summed E-state index contributed by atoms with van der Waals surface area (Å²) in [6.07, 6.45) is -3.77. The van der Waals surface area contributed by atoms with E-state index >= 15 is 0 Å². The fourth-order valence-electron chi connectivity index (χ4n) is 2.35. The van der Waals surface area contributed by atoms with E-state index in [1.165, 1.54) is 23.9 Å². The number of rotatable bonds is 4. The largest absolute Gasteiger partial charge is 0.444 e. The van der Waals surface area contributed by atoms with Crippen LogP contribution in [0.3, 0.4) is 0 Å². The monoisotopic (exact) mass is 395 g/mol. The molecule has 1 aromatic carbocycles. The Kier molecular flexibility index (Phi) is 8.23. The van der Waals surface area contributed by atoms with Crippen LogP contribution >= 0.6 is 11.8 Å². The van der Waals surface area contributed by atoms with E-state index in [0.29, 0.717) is 19.5 Å². The first-order valence-electron chi connectivity index (χ1n) is 7.99. The highest BCUT2D eigenvalue weighted by Crippen LogP contribution is 2.39. The second kappa shape index (κ2) is 9.48. The van der Waals surface area contributed by atoms with E-state index in [1.807, 2.05) is 0 Å². The number of aliphatic hydroxyl groups excluding tert-OH is 1. The van der Waals surface area contributed by atoms with Crippen molar-refractivity contribution in [3.63, 3.8) is 0 Å². The summed E-state index contributed by atoms with van der Waals surface area (Å²) in [6.45, 7) is 6.22. The minimum absolute atomic E-state index is 0.0749. The third kappa shape index (κ3) is 6.37. The van der Waals surface area contributed by atoms with Gasteiger partial charge in [0.05, 0.1) is 5.56 Å². The zero-order valence-electron chi connectivity index (χ0n) is 15.2. The van der Waals surface area contributed by atoms with Crippen molar-refractivity contribution in [1.82, 2.24) is 4.90 Å². The van der Waals surface area contributed by atoms with Crippen LogP contribution in [0.4, 0.5) is 18.1 Å². The van der Waals surface area contributed by atoms with Crippen molar-refractivity contribution >= 4 is 17.9 Å². The quantitative estimate of drug-likeness (QED) is 0.822. The lowest BCUT2D eigenvalue weighted by atomic mass is 10.2. The van der Waals surface area contributed by atoms with Crippen molar-refractivity contribution < 1.29 is 32.9 Å². The Morgan fingerprint density at radius 1 is 1.27 bits per heavy atom. The summed E-state index contributed by atoms with van der Waals surface area (Å²) in [5.74, 6) is 0. The molecule has 0 saturated carbocycles. The third-order valence-electron chi connectivity index (χ3n) is 3.39. The van der Waals surface area contributed by atoms with E-state index in [1.54, 1.807) is 31.7 Å². The molecule has 0 bridgehead atoms. The summed E-state index contributed by atoms with van der Waals surface area (Å²) >= 11 is 1.18. The van der Waals surface area contributed by atoms with Crippen molar-refractivity contribution in [1.29, 1.82) is 0 Å². The van der Waals surface area contributed by atoms with E-state index in [9.17, 15) is 18.1 Å². The summed E-state index contributed by atoms with van der Waals surface area (Å²) < 4.78 is 44.5. The van der Waals surface area contributed by atoms with Crippen LogP contribution in [0, 0.1) is 0 Å². The number of carbonyl (C=O) groups excluding carboxylic acids is 1. The summed E-state index contributed by atoms with van der Waals surface area (Å²) in [6, 6.07) is 5.61. The maximum absolute atomic E-state index is 13.5. The minimum atomic E-state index is -3.99. The highest BCUT2D eigenvalue weighted by Gasteiger charge is 2.38. The number of amides is 1. The molecule has 26 heavy (non-hydrogen) atoms. The molecule has 1 N–H and O–H groups in total. The van der Waals surface area contributed by atoms with Gasteiger partial charge < -0.3 is 14.7 Å². The van der Waals surface area contributed by atoms with E-state index in [2.05, 4.69) is 4.94 Å². The number of carbonyl (C=O) groups is 1. The van der Waals surface area contributed by atoms with Gasteiger partial charge in [-0.3, -0.25) is 0 Å². The van der Waals surface area contributed by atoms with Gasteiger partial charge in [-0.2, -0.15) is 8.78 Å². The maximum Gasteiger partial charge on any atom is 0.414 e. The lowest BCUT2D eigenvalue weighted by Crippen LogP contribution is -2.35. The van der Waals surface area contributed by atoms with Crippen LogP contribution in [0.1, 0.15) is 32.8 Å². The molecule has 1 aliphatic heterocycles. The fraction of sp³-hybridized carbons (Fsp3) is 0.588. The Bertz CT molecular complexity index is 596. The van der Waals surface area contributed by atoms with Crippen LogP contribution < -0.4 is 0 Å². The molecule has 1 aliphatic rings. The van der Waals surface area contributed by atoms with Gasteiger partial charge in [-0.25, -0.2) is 4.79 Å². The molecular formula is C17H24F3NO4S. The first kappa shape index (κ1) is 22.6. The molecule has 1 saturated heterocycles. The molecular weight excluding hydrogens is 371 g/mol. The molecule has 1 heterocycles. The topological polar surface area (TPSA) is 59.0 Å². The predicted octanol–water partition coefficient (Wildman–Crippen LogP) is 4.35. The van der Waals surface area contributed by atoms with Gasteiger partial charge in [-0.15, -0.1) is 16.7 Å². The lowest BCUT2D eigenvalue weighted by Gasteiger charge is -2.24. The van der Waals surface area contributed by atoms with Gasteiger partial charge in [0.2, 0.25) is 0 Å². The Morgan fingerprint density at radius 3 is 2.46 bits per heavy atom. The molecule has 148 valence electrons. The molecule has 1 fully saturated rings. The second-order valence-electron chi connectivity index (χ2n) is 6.54. The number of aliphatic hydroxyl groups is 1. The van der Waals surface area contributed by atoms with Crippen LogP contribution in [0.15, 0.2) is 29.2 Å². The van der Waals surface area contributed by atoms with E-state index in [-0.39, 0.29) is 10.1 Å². The SMILES string of the molecule is CC(C)(C)OC(=O)N1CCC(Sc2ccccc2C(F)(F)OF)C1.CO. The average molecular weight is 395 g/mol. The fourth-order valence-corrected chi connectivity index (χ4v) is 3.66. The second-order valence-corrected chi connectivity index (χ2v) is 7.89. The van der Waals surface area contributed by atoms with Gasteiger partial charge in [0.25, 0.3) is 0 Å².